The van der Waals surface area contributed by atoms with Gasteiger partial charge in [-0.05, 0) is 45.2 Å². The van der Waals surface area contributed by atoms with Gasteiger partial charge in [-0.1, -0.05) is 0 Å². The number of benzene rings is 1. The number of likely N-dealkylation sites (tertiary alicyclic amines) is 1. The minimum Gasteiger partial charge on any atom is -0.481 e. The molecule has 1 fully saturated rings. The van der Waals surface area contributed by atoms with Crippen molar-refractivity contribution in [1.29, 1.82) is 0 Å². The van der Waals surface area contributed by atoms with Crippen molar-refractivity contribution in [3.63, 3.8) is 0 Å². The van der Waals surface area contributed by atoms with E-state index in [2.05, 4.69) is 0 Å². The fraction of sp³-hybridized carbons (Fsp3) is 0.526. The van der Waals surface area contributed by atoms with Gasteiger partial charge in [0.1, 0.15) is 0 Å². The van der Waals surface area contributed by atoms with E-state index in [-0.39, 0.29) is 35.8 Å². The molecule has 1 atom stereocenters. The lowest BCUT2D eigenvalue weighted by Gasteiger charge is -2.32. The molecule has 1 aromatic rings. The van der Waals surface area contributed by atoms with Crippen molar-refractivity contribution < 1.29 is 24.4 Å². The molecular formula is C19H25N3O6. The molecule has 0 aliphatic carbocycles. The van der Waals surface area contributed by atoms with Gasteiger partial charge in [0, 0.05) is 31.3 Å². The monoisotopic (exact) mass is 391 g/mol. The molecule has 0 saturated carbocycles. The van der Waals surface area contributed by atoms with Gasteiger partial charge >= 0.3 is 5.97 Å². The van der Waals surface area contributed by atoms with E-state index in [0.717, 1.165) is 0 Å². The van der Waals surface area contributed by atoms with E-state index in [1.807, 2.05) is 0 Å². The maximum Gasteiger partial charge on any atom is 0.308 e. The Kier molecular flexibility index (Phi) is 6.37. The van der Waals surface area contributed by atoms with Crippen LogP contribution in [0.25, 0.3) is 0 Å². The zero-order valence-electron chi connectivity index (χ0n) is 16.5. The van der Waals surface area contributed by atoms with Crippen LogP contribution in [0.3, 0.4) is 0 Å². The van der Waals surface area contributed by atoms with Gasteiger partial charge in [-0.2, -0.15) is 0 Å². The first-order valence-corrected chi connectivity index (χ1v) is 9.05. The highest BCUT2D eigenvalue weighted by Gasteiger charge is 2.30. The van der Waals surface area contributed by atoms with Crippen LogP contribution in [0.5, 0.6) is 0 Å². The second-order valence-corrected chi connectivity index (χ2v) is 7.29. The summed E-state index contributed by atoms with van der Waals surface area (Å²) in [6.45, 7) is 5.22. The molecule has 2 amide bonds. The van der Waals surface area contributed by atoms with Crippen LogP contribution in [-0.2, 0) is 9.59 Å². The molecule has 1 aromatic carbocycles. The number of carboxylic acid groups (broad SMARTS) is 1. The summed E-state index contributed by atoms with van der Waals surface area (Å²) in [6, 6.07) is 1.59. The lowest BCUT2D eigenvalue weighted by Crippen LogP contribution is -2.47. The van der Waals surface area contributed by atoms with Gasteiger partial charge in [0.15, 0.2) is 0 Å². The average Bonchev–Trinajstić information content (AvgIpc) is 2.60. The van der Waals surface area contributed by atoms with Crippen molar-refractivity contribution in [1.82, 2.24) is 9.80 Å². The zero-order chi connectivity index (χ0) is 21.2. The summed E-state index contributed by atoms with van der Waals surface area (Å²) in [7, 11) is 1.46. The van der Waals surface area contributed by atoms with Crippen LogP contribution in [0, 0.1) is 36.8 Å². The van der Waals surface area contributed by atoms with Gasteiger partial charge in [-0.3, -0.25) is 24.5 Å². The maximum absolute atomic E-state index is 12.9. The minimum absolute atomic E-state index is 0.103. The van der Waals surface area contributed by atoms with Gasteiger partial charge in [0.05, 0.1) is 22.9 Å². The number of piperidine rings is 1. The number of hydrogen-bond donors (Lipinski definition) is 1. The number of carbonyl (C=O) groups excluding carboxylic acids is 2. The van der Waals surface area contributed by atoms with Crippen LogP contribution in [0.4, 0.5) is 5.69 Å². The number of rotatable bonds is 5. The minimum atomic E-state index is -0.930. The predicted octanol–water partition coefficient (Wildman–Crippen LogP) is 1.92. The van der Waals surface area contributed by atoms with E-state index < -0.39 is 22.7 Å². The van der Waals surface area contributed by atoms with Crippen LogP contribution < -0.4 is 0 Å². The molecule has 9 nitrogen and oxygen atoms in total. The number of aryl methyl sites for hydroxylation is 2. The number of hydrogen-bond acceptors (Lipinski definition) is 5. The summed E-state index contributed by atoms with van der Waals surface area (Å²) in [4.78, 5) is 50.1. The van der Waals surface area contributed by atoms with Crippen LogP contribution in [0.15, 0.2) is 6.07 Å². The third kappa shape index (κ3) is 4.29. The molecule has 1 unspecified atom stereocenters. The molecule has 0 bridgehead atoms. The molecule has 1 saturated heterocycles. The van der Waals surface area contributed by atoms with Crippen molar-refractivity contribution in [2.45, 2.75) is 33.6 Å². The topological polar surface area (TPSA) is 121 Å². The Balaban J connectivity index is 2.19. The first kappa shape index (κ1) is 21.3. The molecule has 1 heterocycles. The Hall–Kier alpha value is -2.97. The highest BCUT2D eigenvalue weighted by atomic mass is 16.6. The number of nitro benzene ring substituents is 1. The molecular weight excluding hydrogens is 366 g/mol. The molecule has 1 N–H and O–H groups in total. The Morgan fingerprint density at radius 2 is 1.93 bits per heavy atom. The Morgan fingerprint density at radius 3 is 2.50 bits per heavy atom. The highest BCUT2D eigenvalue weighted by molar-refractivity contribution is 6.00. The number of nitro groups is 1. The first-order valence-electron chi connectivity index (χ1n) is 9.05. The number of nitrogens with zero attached hydrogens (tertiary/aromatic N) is 3. The second kappa shape index (κ2) is 8.37. The molecule has 2 rings (SSSR count). The number of carbonyl (C=O) groups is 3. The normalized spacial score (nSPS) is 16.6. The summed E-state index contributed by atoms with van der Waals surface area (Å²) in [6.07, 6.45) is 1.13. The van der Waals surface area contributed by atoms with E-state index in [1.54, 1.807) is 19.9 Å². The largest absolute Gasteiger partial charge is 0.481 e. The Morgan fingerprint density at radius 1 is 1.29 bits per heavy atom. The summed E-state index contributed by atoms with van der Waals surface area (Å²) >= 11 is 0. The fourth-order valence-corrected chi connectivity index (χ4v) is 3.76. The van der Waals surface area contributed by atoms with Crippen LogP contribution in [0.1, 0.15) is 39.9 Å². The smallest absolute Gasteiger partial charge is 0.308 e. The molecule has 1 aliphatic heterocycles. The average molecular weight is 391 g/mol. The van der Waals surface area contributed by atoms with Crippen molar-refractivity contribution >= 4 is 23.5 Å². The van der Waals surface area contributed by atoms with Gasteiger partial charge in [0.25, 0.3) is 11.6 Å². The number of aliphatic carboxylic acids is 1. The number of carboxylic acids is 1. The third-order valence-electron chi connectivity index (χ3n) is 5.17. The van der Waals surface area contributed by atoms with E-state index in [1.165, 1.54) is 23.8 Å². The number of likely N-dealkylation sites (N-methyl/N-ethyl adjacent to an activating group) is 1. The third-order valence-corrected chi connectivity index (χ3v) is 5.17. The Labute approximate surface area is 163 Å². The van der Waals surface area contributed by atoms with Crippen molar-refractivity contribution in [3.05, 3.63) is 38.4 Å². The van der Waals surface area contributed by atoms with Gasteiger partial charge in [-0.25, -0.2) is 0 Å². The van der Waals surface area contributed by atoms with Crippen LogP contribution in [0.2, 0.25) is 0 Å². The van der Waals surface area contributed by atoms with E-state index in [9.17, 15) is 24.5 Å². The quantitative estimate of drug-likeness (QED) is 0.604. The van der Waals surface area contributed by atoms with Crippen molar-refractivity contribution in [2.75, 3.05) is 26.7 Å². The molecule has 0 aromatic heterocycles. The summed E-state index contributed by atoms with van der Waals surface area (Å²) in [5.74, 6) is -2.33. The van der Waals surface area contributed by atoms with Gasteiger partial charge < -0.3 is 14.9 Å². The molecule has 0 radical (unpaired) electrons. The van der Waals surface area contributed by atoms with E-state index in [4.69, 9.17) is 5.11 Å². The summed E-state index contributed by atoms with van der Waals surface area (Å²) in [5.41, 5.74) is 1.47. The van der Waals surface area contributed by atoms with Gasteiger partial charge in [0.2, 0.25) is 5.91 Å². The second-order valence-electron chi connectivity index (χ2n) is 7.29. The van der Waals surface area contributed by atoms with E-state index >= 15 is 0 Å². The summed E-state index contributed by atoms with van der Waals surface area (Å²) in [5, 5.41) is 20.5. The molecule has 28 heavy (non-hydrogen) atoms. The first-order chi connectivity index (χ1) is 13.0. The number of amides is 2. The van der Waals surface area contributed by atoms with Gasteiger partial charge in [-0.15, -0.1) is 0 Å². The van der Waals surface area contributed by atoms with E-state index in [0.29, 0.717) is 30.5 Å². The van der Waals surface area contributed by atoms with Crippen molar-refractivity contribution in [3.8, 4) is 0 Å². The lowest BCUT2D eigenvalue weighted by atomic mass is 9.96. The molecule has 9 heteroatoms. The maximum atomic E-state index is 12.9. The fourth-order valence-electron chi connectivity index (χ4n) is 3.76. The zero-order valence-corrected chi connectivity index (χ0v) is 16.5. The standard InChI is InChI=1S/C19H25N3O6/c1-11-8-12(2)17(22(27)28)13(3)16(11)18(24)20(4)10-15(23)21-7-5-6-14(9-21)19(25)26/h8,14H,5-7,9-10H2,1-4H3,(H,25,26). The summed E-state index contributed by atoms with van der Waals surface area (Å²) < 4.78 is 0. The van der Waals surface area contributed by atoms with Crippen LogP contribution in [-0.4, -0.2) is 64.3 Å². The lowest BCUT2D eigenvalue weighted by molar-refractivity contribution is -0.386. The van der Waals surface area contributed by atoms with Crippen molar-refractivity contribution in [2.24, 2.45) is 5.92 Å². The molecule has 152 valence electrons. The molecule has 1 aliphatic rings. The Bertz CT molecular complexity index is 835. The predicted molar refractivity (Wildman–Crippen MR) is 101 cm³/mol. The SMILES string of the molecule is Cc1cc(C)c([N+](=O)[O-])c(C)c1C(=O)N(C)CC(=O)N1CCCC(C(=O)O)C1. The van der Waals surface area contributed by atoms with Crippen LogP contribution >= 0.6 is 0 Å². The highest BCUT2D eigenvalue weighted by Crippen LogP contribution is 2.29. The molecule has 0 spiro atoms.